The van der Waals surface area contributed by atoms with Crippen LogP contribution in [0.4, 0.5) is 0 Å². The number of ether oxygens (including phenoxy) is 1. The lowest BCUT2D eigenvalue weighted by atomic mass is 10.1. The van der Waals surface area contributed by atoms with Crippen LogP contribution in [0, 0.1) is 17.2 Å². The van der Waals surface area contributed by atoms with E-state index in [1.807, 2.05) is 0 Å². The first-order valence-corrected chi connectivity index (χ1v) is 5.73. The lowest BCUT2D eigenvalue weighted by molar-refractivity contribution is 0.0939. The standard InChI is InChI=1S/C13H14N2O3/c1-18-9-4-5-10(12(16)6-9)13(17)15-11(7-14)8-2-3-8/h4-6,8,11,16H,2-3H2,1H3,(H,15,17). The van der Waals surface area contributed by atoms with Crippen LogP contribution in [-0.2, 0) is 0 Å². The minimum atomic E-state index is -0.473. The third-order valence-electron chi connectivity index (χ3n) is 2.97. The molecule has 5 heteroatoms. The van der Waals surface area contributed by atoms with E-state index in [9.17, 15) is 9.90 Å². The molecule has 94 valence electrons. The highest BCUT2D eigenvalue weighted by Gasteiger charge is 2.32. The molecule has 1 amide bonds. The summed E-state index contributed by atoms with van der Waals surface area (Å²) in [6, 6.07) is 6.03. The Balaban J connectivity index is 2.11. The molecule has 0 radical (unpaired) electrons. The number of aromatic hydroxyl groups is 1. The van der Waals surface area contributed by atoms with Crippen LogP contribution in [0.3, 0.4) is 0 Å². The number of nitrogens with one attached hydrogen (secondary N) is 1. The predicted molar refractivity (Wildman–Crippen MR) is 64.3 cm³/mol. The van der Waals surface area contributed by atoms with E-state index in [4.69, 9.17) is 10.00 Å². The number of amides is 1. The quantitative estimate of drug-likeness (QED) is 0.842. The smallest absolute Gasteiger partial charge is 0.256 e. The normalized spacial score (nSPS) is 15.6. The molecule has 1 saturated carbocycles. The number of carbonyl (C=O) groups is 1. The van der Waals surface area contributed by atoms with Crippen LogP contribution in [0.15, 0.2) is 18.2 Å². The van der Waals surface area contributed by atoms with Crippen molar-refractivity contribution in [1.29, 1.82) is 5.26 Å². The zero-order chi connectivity index (χ0) is 13.1. The molecule has 1 aromatic carbocycles. The Hall–Kier alpha value is -2.22. The van der Waals surface area contributed by atoms with Crippen molar-refractivity contribution in [2.24, 2.45) is 5.92 Å². The van der Waals surface area contributed by atoms with Crippen LogP contribution in [0.25, 0.3) is 0 Å². The van der Waals surface area contributed by atoms with Crippen molar-refractivity contribution in [2.45, 2.75) is 18.9 Å². The molecule has 18 heavy (non-hydrogen) atoms. The summed E-state index contributed by atoms with van der Waals surface area (Å²) in [6.07, 6.45) is 1.93. The maximum absolute atomic E-state index is 11.9. The van der Waals surface area contributed by atoms with Crippen molar-refractivity contribution in [1.82, 2.24) is 5.32 Å². The second-order valence-electron chi connectivity index (χ2n) is 4.30. The Morgan fingerprint density at radius 1 is 1.61 bits per heavy atom. The zero-order valence-electron chi connectivity index (χ0n) is 10.0. The molecule has 0 bridgehead atoms. The topological polar surface area (TPSA) is 82.3 Å². The highest BCUT2D eigenvalue weighted by molar-refractivity contribution is 5.97. The molecule has 1 aromatic rings. The molecule has 2 N–H and O–H groups in total. The van der Waals surface area contributed by atoms with Gasteiger partial charge in [0.15, 0.2) is 0 Å². The number of hydrogen-bond acceptors (Lipinski definition) is 4. The van der Waals surface area contributed by atoms with Crippen molar-refractivity contribution >= 4 is 5.91 Å². The second-order valence-corrected chi connectivity index (χ2v) is 4.30. The number of nitriles is 1. The highest BCUT2D eigenvalue weighted by atomic mass is 16.5. The molecule has 2 rings (SSSR count). The fourth-order valence-electron chi connectivity index (χ4n) is 1.73. The van der Waals surface area contributed by atoms with E-state index in [1.54, 1.807) is 6.07 Å². The number of hydrogen-bond donors (Lipinski definition) is 2. The minimum absolute atomic E-state index is 0.150. The van der Waals surface area contributed by atoms with Gasteiger partial charge >= 0.3 is 0 Å². The molecule has 0 aromatic heterocycles. The highest BCUT2D eigenvalue weighted by Crippen LogP contribution is 2.32. The molecule has 1 atom stereocenters. The van der Waals surface area contributed by atoms with Gasteiger partial charge in [-0.3, -0.25) is 4.79 Å². The Labute approximate surface area is 105 Å². The van der Waals surface area contributed by atoms with Gasteiger partial charge in [0, 0.05) is 6.07 Å². The number of benzene rings is 1. The summed E-state index contributed by atoms with van der Waals surface area (Å²) in [5, 5.41) is 21.3. The van der Waals surface area contributed by atoms with Crippen molar-refractivity contribution in [2.75, 3.05) is 7.11 Å². The van der Waals surface area contributed by atoms with Gasteiger partial charge < -0.3 is 15.2 Å². The predicted octanol–water partition coefficient (Wildman–Crippen LogP) is 1.43. The Bertz CT molecular complexity index is 503. The molecule has 5 nitrogen and oxygen atoms in total. The first kappa shape index (κ1) is 12.2. The zero-order valence-corrected chi connectivity index (χ0v) is 10.0. The number of nitrogens with zero attached hydrogens (tertiary/aromatic N) is 1. The summed E-state index contributed by atoms with van der Waals surface area (Å²) in [6.45, 7) is 0. The van der Waals surface area contributed by atoms with E-state index in [1.165, 1.54) is 19.2 Å². The van der Waals surface area contributed by atoms with Gasteiger partial charge in [-0.2, -0.15) is 5.26 Å². The largest absolute Gasteiger partial charge is 0.507 e. The Kier molecular flexibility index (Phi) is 3.38. The molecular weight excluding hydrogens is 232 g/mol. The van der Waals surface area contributed by atoms with Gasteiger partial charge in [-0.15, -0.1) is 0 Å². The van der Waals surface area contributed by atoms with Gasteiger partial charge in [-0.1, -0.05) is 0 Å². The molecular formula is C13H14N2O3. The third kappa shape index (κ3) is 2.54. The van der Waals surface area contributed by atoms with Crippen molar-refractivity contribution in [3.05, 3.63) is 23.8 Å². The fourth-order valence-corrected chi connectivity index (χ4v) is 1.73. The van der Waals surface area contributed by atoms with E-state index < -0.39 is 11.9 Å². The van der Waals surface area contributed by atoms with Crippen molar-refractivity contribution in [3.8, 4) is 17.6 Å². The molecule has 0 aliphatic heterocycles. The van der Waals surface area contributed by atoms with E-state index in [0.717, 1.165) is 12.8 Å². The Morgan fingerprint density at radius 3 is 2.83 bits per heavy atom. The van der Waals surface area contributed by atoms with Crippen LogP contribution < -0.4 is 10.1 Å². The van der Waals surface area contributed by atoms with Gasteiger partial charge in [0.1, 0.15) is 17.5 Å². The molecule has 1 aliphatic carbocycles. The number of rotatable bonds is 4. The third-order valence-corrected chi connectivity index (χ3v) is 2.97. The molecule has 0 saturated heterocycles. The van der Waals surface area contributed by atoms with Crippen LogP contribution in [-0.4, -0.2) is 24.2 Å². The molecule has 1 aliphatic rings. The molecule has 0 heterocycles. The summed E-state index contributed by atoms with van der Waals surface area (Å²) in [5.41, 5.74) is 0.150. The van der Waals surface area contributed by atoms with Crippen LogP contribution in [0.2, 0.25) is 0 Å². The summed E-state index contributed by atoms with van der Waals surface area (Å²) in [4.78, 5) is 11.9. The molecule has 1 unspecified atom stereocenters. The Morgan fingerprint density at radius 2 is 2.33 bits per heavy atom. The van der Waals surface area contributed by atoms with E-state index in [-0.39, 0.29) is 17.2 Å². The summed E-state index contributed by atoms with van der Waals surface area (Å²) in [5.74, 6) is 0.135. The minimum Gasteiger partial charge on any atom is -0.507 e. The average molecular weight is 246 g/mol. The molecule has 1 fully saturated rings. The van der Waals surface area contributed by atoms with Crippen LogP contribution in [0.5, 0.6) is 11.5 Å². The maximum atomic E-state index is 11.9. The maximum Gasteiger partial charge on any atom is 0.256 e. The SMILES string of the molecule is COc1ccc(C(=O)NC(C#N)C2CC2)c(O)c1. The fraction of sp³-hybridized carbons (Fsp3) is 0.385. The van der Waals surface area contributed by atoms with Crippen LogP contribution in [0.1, 0.15) is 23.2 Å². The number of methoxy groups -OCH3 is 1. The van der Waals surface area contributed by atoms with Crippen LogP contribution >= 0.6 is 0 Å². The van der Waals surface area contributed by atoms with E-state index >= 15 is 0 Å². The van der Waals surface area contributed by atoms with Gasteiger partial charge in [0.2, 0.25) is 0 Å². The van der Waals surface area contributed by atoms with E-state index in [2.05, 4.69) is 11.4 Å². The van der Waals surface area contributed by atoms with Crippen molar-refractivity contribution < 1.29 is 14.6 Å². The summed E-state index contributed by atoms with van der Waals surface area (Å²) in [7, 11) is 1.48. The van der Waals surface area contributed by atoms with Gasteiger partial charge in [-0.05, 0) is 30.9 Å². The lowest BCUT2D eigenvalue weighted by Crippen LogP contribution is -2.35. The van der Waals surface area contributed by atoms with Crippen molar-refractivity contribution in [3.63, 3.8) is 0 Å². The summed E-state index contributed by atoms with van der Waals surface area (Å²) < 4.78 is 4.94. The monoisotopic (exact) mass is 246 g/mol. The van der Waals surface area contributed by atoms with Gasteiger partial charge in [0.25, 0.3) is 5.91 Å². The first-order valence-electron chi connectivity index (χ1n) is 5.73. The lowest BCUT2D eigenvalue weighted by Gasteiger charge is -2.11. The second kappa shape index (κ2) is 4.96. The first-order chi connectivity index (χ1) is 8.65. The molecule has 0 spiro atoms. The van der Waals surface area contributed by atoms with Gasteiger partial charge in [-0.25, -0.2) is 0 Å². The number of phenols is 1. The number of phenolic OH excluding ortho intramolecular Hbond substituents is 1. The average Bonchev–Trinajstić information content (AvgIpc) is 3.19. The van der Waals surface area contributed by atoms with E-state index in [0.29, 0.717) is 5.75 Å². The summed E-state index contributed by atoms with van der Waals surface area (Å²) >= 11 is 0. The number of carbonyl (C=O) groups excluding carboxylic acids is 1. The van der Waals surface area contributed by atoms with Gasteiger partial charge in [0.05, 0.1) is 18.7 Å².